The summed E-state index contributed by atoms with van der Waals surface area (Å²) in [6.45, 7) is 2.39. The topological polar surface area (TPSA) is 79.0 Å². The normalized spacial score (nSPS) is 9.40. The number of hydrogen-bond donors (Lipinski definition) is 3. The van der Waals surface area contributed by atoms with Crippen LogP contribution in [0.25, 0.3) is 0 Å². The largest absolute Gasteiger partial charge is 0.450 e. The number of ether oxygens (including phenoxy) is 1. The number of H-pyrrole nitrogens is 1. The molecule has 1 aromatic rings. The van der Waals surface area contributed by atoms with Gasteiger partial charge in [0, 0.05) is 0 Å². The number of anilines is 1. The monoisotopic (exact) mass is 228 g/mol. The van der Waals surface area contributed by atoms with Crippen molar-refractivity contribution in [3.8, 4) is 0 Å². The molecule has 0 fully saturated rings. The zero-order valence-corrected chi connectivity index (χ0v) is 9.06. The fourth-order valence-corrected chi connectivity index (χ4v) is 1.01. The summed E-state index contributed by atoms with van der Waals surface area (Å²) in [5, 5.41) is 11.8. The average Bonchev–Trinajstić information content (AvgIpc) is 2.67. The van der Waals surface area contributed by atoms with E-state index in [0.29, 0.717) is 18.1 Å². The van der Waals surface area contributed by atoms with E-state index >= 15 is 0 Å². The molecule has 0 saturated heterocycles. The van der Waals surface area contributed by atoms with E-state index in [-0.39, 0.29) is 0 Å². The Morgan fingerprint density at radius 3 is 3.13 bits per heavy atom. The van der Waals surface area contributed by atoms with Crippen molar-refractivity contribution in [3.63, 3.8) is 0 Å². The lowest BCUT2D eigenvalue weighted by atomic mass is 10.5. The summed E-state index contributed by atoms with van der Waals surface area (Å²) in [4.78, 5) is 11.3. The van der Waals surface area contributed by atoms with Crippen molar-refractivity contribution in [2.24, 2.45) is 0 Å². The Labute approximate surface area is 92.4 Å². The molecule has 0 atom stereocenters. The summed E-state index contributed by atoms with van der Waals surface area (Å²) in [6.07, 6.45) is 1.08. The van der Waals surface area contributed by atoms with Gasteiger partial charge in [-0.25, -0.2) is 4.79 Å². The second-order valence-corrected chi connectivity index (χ2v) is 3.09. The average molecular weight is 228 g/mol. The van der Waals surface area contributed by atoms with E-state index in [4.69, 9.17) is 12.2 Å². The zero-order valence-electron chi connectivity index (χ0n) is 8.24. The quantitative estimate of drug-likeness (QED) is 0.667. The van der Waals surface area contributed by atoms with Crippen LogP contribution in [0.15, 0.2) is 12.3 Å². The van der Waals surface area contributed by atoms with Gasteiger partial charge in [0.25, 0.3) is 0 Å². The minimum absolute atomic E-state index is 0.322. The molecule has 0 aliphatic heterocycles. The highest BCUT2D eigenvalue weighted by Crippen LogP contribution is 1.96. The molecule has 0 spiro atoms. The second-order valence-electron chi connectivity index (χ2n) is 2.59. The maximum absolute atomic E-state index is 10.9. The first kappa shape index (κ1) is 11.4. The zero-order chi connectivity index (χ0) is 11.1. The third-order valence-corrected chi connectivity index (χ3v) is 1.70. The Morgan fingerprint density at radius 1 is 1.73 bits per heavy atom. The van der Waals surface area contributed by atoms with Gasteiger partial charge in [0.1, 0.15) is 10.8 Å². The highest BCUT2D eigenvalue weighted by atomic mass is 32.1. The summed E-state index contributed by atoms with van der Waals surface area (Å²) in [6, 6.07) is 1.76. The van der Waals surface area contributed by atoms with Gasteiger partial charge in [-0.3, -0.25) is 10.4 Å². The minimum Gasteiger partial charge on any atom is -0.450 e. The van der Waals surface area contributed by atoms with Gasteiger partial charge in [0.05, 0.1) is 19.3 Å². The number of hydrogen-bond acceptors (Lipinski definition) is 5. The molecule has 6 nitrogen and oxygen atoms in total. The lowest BCUT2D eigenvalue weighted by Gasteiger charge is -2.07. The number of carbonyl (C=O) groups excluding carboxylic acids is 1. The number of carbonyl (C=O) groups is 1. The van der Waals surface area contributed by atoms with Crippen LogP contribution in [-0.4, -0.2) is 34.4 Å². The van der Waals surface area contributed by atoms with Crippen LogP contribution in [0, 0.1) is 0 Å². The smallest absolute Gasteiger partial charge is 0.412 e. The van der Waals surface area contributed by atoms with Crippen LogP contribution in [0.5, 0.6) is 0 Å². The van der Waals surface area contributed by atoms with Gasteiger partial charge in [-0.05, 0) is 13.0 Å². The summed E-state index contributed by atoms with van der Waals surface area (Å²) in [7, 11) is 0. The van der Waals surface area contributed by atoms with E-state index in [1.54, 1.807) is 19.2 Å². The van der Waals surface area contributed by atoms with Crippen LogP contribution in [0.2, 0.25) is 0 Å². The number of thiocarbonyl (C=S) groups is 1. The van der Waals surface area contributed by atoms with Crippen LogP contribution < -0.4 is 10.6 Å². The molecule has 0 bridgehead atoms. The maximum atomic E-state index is 10.9. The third-order valence-electron chi connectivity index (χ3n) is 1.46. The van der Waals surface area contributed by atoms with E-state index in [1.807, 2.05) is 0 Å². The number of aromatic amines is 1. The van der Waals surface area contributed by atoms with E-state index in [1.165, 1.54) is 0 Å². The minimum atomic E-state index is -0.533. The van der Waals surface area contributed by atoms with Crippen LogP contribution in [0.1, 0.15) is 6.92 Å². The molecule has 1 heterocycles. The van der Waals surface area contributed by atoms with Crippen LogP contribution in [0.4, 0.5) is 10.6 Å². The molecule has 0 aliphatic carbocycles. The summed E-state index contributed by atoms with van der Waals surface area (Å²) in [5.74, 6) is 0.739. The molecule has 0 aromatic carbocycles. The van der Waals surface area contributed by atoms with Gasteiger partial charge in [-0.1, -0.05) is 12.2 Å². The van der Waals surface area contributed by atoms with E-state index in [0.717, 1.165) is 5.82 Å². The van der Waals surface area contributed by atoms with Gasteiger partial charge >= 0.3 is 6.09 Å². The van der Waals surface area contributed by atoms with Crippen molar-refractivity contribution in [1.29, 1.82) is 0 Å². The maximum Gasteiger partial charge on any atom is 0.412 e. The highest BCUT2D eigenvalue weighted by molar-refractivity contribution is 7.80. The first-order chi connectivity index (χ1) is 7.22. The first-order valence-corrected chi connectivity index (χ1v) is 4.83. The predicted molar refractivity (Wildman–Crippen MR) is 59.8 cm³/mol. The first-order valence-electron chi connectivity index (χ1n) is 4.42. The van der Waals surface area contributed by atoms with Gasteiger partial charge in [0.15, 0.2) is 0 Å². The standard InChI is InChI=1S/C8H12N4O2S/c1-2-14-8(13)11-7(15)5-9-6-3-4-10-12-6/h3-4H,2,5H2,1H3,(H2,9,10,12)(H,11,13,15). The van der Waals surface area contributed by atoms with E-state index < -0.39 is 6.09 Å². The molecule has 0 saturated carbocycles. The lowest BCUT2D eigenvalue weighted by molar-refractivity contribution is 0.158. The Kier molecular flexibility index (Phi) is 4.55. The molecule has 1 amide bonds. The number of amides is 1. The molecular formula is C8H12N4O2S. The Bertz CT molecular complexity index is 325. The highest BCUT2D eigenvalue weighted by Gasteiger charge is 2.03. The third kappa shape index (κ3) is 4.41. The van der Waals surface area contributed by atoms with Crippen molar-refractivity contribution >= 4 is 29.1 Å². The van der Waals surface area contributed by atoms with E-state index in [9.17, 15) is 4.79 Å². The van der Waals surface area contributed by atoms with Crippen molar-refractivity contribution < 1.29 is 9.53 Å². The molecule has 1 aromatic heterocycles. The second kappa shape index (κ2) is 5.97. The summed E-state index contributed by atoms with van der Waals surface area (Å²) >= 11 is 4.91. The SMILES string of the molecule is CCOC(=O)NC(=S)CNc1ccn[nH]1. The van der Waals surface area contributed by atoms with Gasteiger partial charge in [-0.15, -0.1) is 0 Å². The molecule has 0 aliphatic rings. The summed E-state index contributed by atoms with van der Waals surface area (Å²) < 4.78 is 4.66. The van der Waals surface area contributed by atoms with Crippen molar-refractivity contribution in [3.05, 3.63) is 12.3 Å². The Hall–Kier alpha value is -1.63. The number of alkyl carbamates (subject to hydrolysis) is 1. The molecule has 0 radical (unpaired) electrons. The number of aromatic nitrogens is 2. The van der Waals surface area contributed by atoms with Gasteiger partial charge in [0.2, 0.25) is 0 Å². The van der Waals surface area contributed by atoms with Gasteiger partial charge in [-0.2, -0.15) is 5.10 Å². The lowest BCUT2D eigenvalue weighted by Crippen LogP contribution is -2.34. The Morgan fingerprint density at radius 2 is 2.53 bits per heavy atom. The fourth-order valence-electron chi connectivity index (χ4n) is 0.855. The van der Waals surface area contributed by atoms with Crippen LogP contribution in [0.3, 0.4) is 0 Å². The van der Waals surface area contributed by atoms with Gasteiger partial charge < -0.3 is 10.1 Å². The van der Waals surface area contributed by atoms with E-state index in [2.05, 4.69) is 25.6 Å². The number of rotatable bonds is 4. The Balaban J connectivity index is 2.22. The summed E-state index contributed by atoms with van der Waals surface area (Å²) in [5.41, 5.74) is 0. The number of nitrogens with one attached hydrogen (secondary N) is 3. The molecule has 3 N–H and O–H groups in total. The van der Waals surface area contributed by atoms with Crippen molar-refractivity contribution in [2.45, 2.75) is 6.92 Å². The predicted octanol–water partition coefficient (Wildman–Crippen LogP) is 0.895. The van der Waals surface area contributed by atoms with Crippen LogP contribution in [-0.2, 0) is 4.74 Å². The molecule has 15 heavy (non-hydrogen) atoms. The molecular weight excluding hydrogens is 216 g/mol. The van der Waals surface area contributed by atoms with Crippen LogP contribution >= 0.6 is 12.2 Å². The van der Waals surface area contributed by atoms with Crippen molar-refractivity contribution in [2.75, 3.05) is 18.5 Å². The number of nitrogens with zero attached hydrogens (tertiary/aromatic N) is 1. The molecule has 7 heteroatoms. The fraction of sp³-hybridized carbons (Fsp3) is 0.375. The van der Waals surface area contributed by atoms with Crippen molar-refractivity contribution in [1.82, 2.24) is 15.5 Å². The molecule has 0 unspecified atom stereocenters. The molecule has 82 valence electrons. The molecule has 1 rings (SSSR count).